The van der Waals surface area contributed by atoms with Crippen LogP contribution in [0, 0.1) is 5.41 Å². The van der Waals surface area contributed by atoms with Gasteiger partial charge in [0.15, 0.2) is 6.61 Å². The molecular formula is C27H31BrN2O3. The van der Waals surface area contributed by atoms with Crippen molar-refractivity contribution in [3.8, 4) is 17.1 Å². The molecule has 6 heteroatoms. The first-order valence-corrected chi connectivity index (χ1v) is 11.7. The van der Waals surface area contributed by atoms with Gasteiger partial charge in [-0.25, -0.2) is 5.43 Å². The maximum atomic E-state index is 12.1. The number of carbonyl (C=O) groups excluding carboxylic acids is 1. The van der Waals surface area contributed by atoms with Crippen LogP contribution in [-0.2, 0) is 10.2 Å². The number of hydrogen-bond donors (Lipinski definition) is 1. The summed E-state index contributed by atoms with van der Waals surface area (Å²) >= 11 is 3.42. The van der Waals surface area contributed by atoms with Gasteiger partial charge in [0.2, 0.25) is 0 Å². The van der Waals surface area contributed by atoms with Gasteiger partial charge in [-0.05, 0) is 59.2 Å². The summed E-state index contributed by atoms with van der Waals surface area (Å²) < 4.78 is 12.3. The van der Waals surface area contributed by atoms with Crippen LogP contribution < -0.4 is 10.2 Å². The standard InChI is InChI=1S/C27H31BrN2O3/c1-26(2,3)18-27(4,5)20-8-12-22(13-9-20)32-17-25(31)30-29-16-23-14-15-24(33-23)19-6-10-21(28)11-7-19/h6-16H,17-18H2,1-5H3,(H,30,31)/b29-16-. The number of hydrogen-bond acceptors (Lipinski definition) is 4. The predicted octanol–water partition coefficient (Wildman–Crippen LogP) is 6.95. The molecule has 0 aliphatic heterocycles. The Labute approximate surface area is 204 Å². The Morgan fingerprint density at radius 2 is 1.67 bits per heavy atom. The molecule has 0 saturated heterocycles. The van der Waals surface area contributed by atoms with Gasteiger partial charge in [-0.15, -0.1) is 0 Å². The molecule has 2 aromatic carbocycles. The van der Waals surface area contributed by atoms with Crippen LogP contribution in [-0.4, -0.2) is 18.7 Å². The topological polar surface area (TPSA) is 63.8 Å². The Hall–Kier alpha value is -2.86. The normalized spacial score (nSPS) is 12.2. The van der Waals surface area contributed by atoms with Crippen LogP contribution in [0.1, 0.15) is 52.4 Å². The van der Waals surface area contributed by atoms with Gasteiger partial charge in [-0.2, -0.15) is 5.10 Å². The summed E-state index contributed by atoms with van der Waals surface area (Å²) in [4.78, 5) is 12.1. The van der Waals surface area contributed by atoms with E-state index in [1.807, 2.05) is 42.5 Å². The van der Waals surface area contributed by atoms with Gasteiger partial charge >= 0.3 is 0 Å². The van der Waals surface area contributed by atoms with Gasteiger partial charge in [0.25, 0.3) is 5.91 Å². The minimum absolute atomic E-state index is 0.0615. The second-order valence-corrected chi connectivity index (χ2v) is 10.9. The van der Waals surface area contributed by atoms with Crippen molar-refractivity contribution in [2.45, 2.75) is 46.5 Å². The van der Waals surface area contributed by atoms with Gasteiger partial charge < -0.3 is 9.15 Å². The lowest BCUT2D eigenvalue weighted by Gasteiger charge is -2.33. The Morgan fingerprint density at radius 1 is 1.00 bits per heavy atom. The van der Waals surface area contributed by atoms with Gasteiger partial charge in [0.1, 0.15) is 17.3 Å². The molecule has 0 radical (unpaired) electrons. The van der Waals surface area contributed by atoms with Crippen molar-refractivity contribution in [3.63, 3.8) is 0 Å². The van der Waals surface area contributed by atoms with E-state index >= 15 is 0 Å². The molecule has 33 heavy (non-hydrogen) atoms. The van der Waals surface area contributed by atoms with Gasteiger partial charge in [-0.3, -0.25) is 4.79 Å². The number of rotatable bonds is 8. The van der Waals surface area contributed by atoms with Gasteiger partial charge in [0, 0.05) is 10.0 Å². The van der Waals surface area contributed by atoms with E-state index in [1.165, 1.54) is 11.8 Å². The Morgan fingerprint density at radius 3 is 2.30 bits per heavy atom. The van der Waals surface area contributed by atoms with E-state index in [-0.39, 0.29) is 23.3 Å². The summed E-state index contributed by atoms with van der Waals surface area (Å²) in [5.74, 6) is 1.58. The second kappa shape index (κ2) is 10.4. The summed E-state index contributed by atoms with van der Waals surface area (Å²) in [5, 5.41) is 3.95. The van der Waals surface area contributed by atoms with Crippen LogP contribution in [0.15, 0.2) is 74.7 Å². The predicted molar refractivity (Wildman–Crippen MR) is 137 cm³/mol. The van der Waals surface area contributed by atoms with E-state index in [0.717, 1.165) is 22.2 Å². The lowest BCUT2D eigenvalue weighted by Crippen LogP contribution is -2.25. The summed E-state index contributed by atoms with van der Waals surface area (Å²) in [6.07, 6.45) is 2.53. The fraction of sp³-hybridized carbons (Fsp3) is 0.333. The van der Waals surface area contributed by atoms with Crippen molar-refractivity contribution in [2.24, 2.45) is 10.5 Å². The fourth-order valence-corrected chi connectivity index (χ4v) is 4.24. The molecule has 5 nitrogen and oxygen atoms in total. The van der Waals surface area contributed by atoms with Crippen molar-refractivity contribution >= 4 is 28.1 Å². The third-order valence-electron chi connectivity index (χ3n) is 5.11. The number of nitrogens with zero attached hydrogens (tertiary/aromatic N) is 1. The van der Waals surface area contributed by atoms with E-state index in [4.69, 9.17) is 9.15 Å². The minimum Gasteiger partial charge on any atom is -0.484 e. The zero-order valence-corrected chi connectivity index (χ0v) is 21.4. The molecular weight excluding hydrogens is 480 g/mol. The maximum absolute atomic E-state index is 12.1. The van der Waals surface area contributed by atoms with E-state index in [1.54, 1.807) is 6.07 Å². The average molecular weight is 511 g/mol. The molecule has 0 saturated carbocycles. The van der Waals surface area contributed by atoms with Crippen molar-refractivity contribution < 1.29 is 13.9 Å². The highest BCUT2D eigenvalue weighted by Crippen LogP contribution is 2.36. The third-order valence-corrected chi connectivity index (χ3v) is 5.64. The molecule has 0 atom stereocenters. The maximum Gasteiger partial charge on any atom is 0.277 e. The van der Waals surface area contributed by atoms with Crippen LogP contribution in [0.3, 0.4) is 0 Å². The molecule has 3 rings (SSSR count). The molecule has 0 bridgehead atoms. The van der Waals surface area contributed by atoms with Gasteiger partial charge in [-0.1, -0.05) is 74.8 Å². The highest BCUT2D eigenvalue weighted by molar-refractivity contribution is 9.10. The second-order valence-electron chi connectivity index (χ2n) is 9.94. The first-order valence-electron chi connectivity index (χ1n) is 10.9. The number of amides is 1. The molecule has 3 aromatic rings. The smallest absolute Gasteiger partial charge is 0.277 e. The van der Waals surface area contributed by atoms with Crippen LogP contribution in [0.5, 0.6) is 5.75 Å². The third kappa shape index (κ3) is 7.60. The number of furan rings is 1. The Kier molecular flexibility index (Phi) is 7.80. The van der Waals surface area contributed by atoms with Crippen LogP contribution >= 0.6 is 15.9 Å². The lowest BCUT2D eigenvalue weighted by molar-refractivity contribution is -0.123. The Balaban J connectivity index is 1.48. The number of carbonyl (C=O) groups is 1. The quantitative estimate of drug-likeness (QED) is 0.263. The van der Waals surface area contributed by atoms with Crippen LogP contribution in [0.25, 0.3) is 11.3 Å². The largest absolute Gasteiger partial charge is 0.484 e. The fourth-order valence-electron chi connectivity index (χ4n) is 3.97. The first-order chi connectivity index (χ1) is 15.5. The minimum atomic E-state index is -0.344. The van der Waals surface area contributed by atoms with Crippen molar-refractivity contribution in [3.05, 3.63) is 76.5 Å². The summed E-state index contributed by atoms with van der Waals surface area (Å²) in [6.45, 7) is 11.1. The molecule has 0 fully saturated rings. The van der Waals surface area contributed by atoms with Crippen LogP contribution in [0.4, 0.5) is 0 Å². The SMILES string of the molecule is CC(C)(C)CC(C)(C)c1ccc(OCC(=O)N/N=C\c2ccc(-c3ccc(Br)cc3)o2)cc1. The lowest BCUT2D eigenvalue weighted by atomic mass is 9.72. The first kappa shape index (κ1) is 24.8. The summed E-state index contributed by atoms with van der Waals surface area (Å²) in [5.41, 5.74) is 4.97. The molecule has 1 aromatic heterocycles. The molecule has 1 heterocycles. The number of nitrogens with one attached hydrogen (secondary N) is 1. The van der Waals surface area contributed by atoms with E-state index in [2.05, 4.69) is 73.2 Å². The number of benzene rings is 2. The van der Waals surface area contributed by atoms with Gasteiger partial charge in [0.05, 0.1) is 6.21 Å². The molecule has 1 amide bonds. The summed E-state index contributed by atoms with van der Waals surface area (Å²) in [7, 11) is 0. The van der Waals surface area contributed by atoms with Crippen molar-refractivity contribution in [2.75, 3.05) is 6.61 Å². The molecule has 0 unspecified atom stereocenters. The average Bonchev–Trinajstić information content (AvgIpc) is 3.20. The van der Waals surface area contributed by atoms with E-state index in [0.29, 0.717) is 11.5 Å². The zero-order chi connectivity index (χ0) is 24.1. The van der Waals surface area contributed by atoms with Crippen LogP contribution in [0.2, 0.25) is 0 Å². The van der Waals surface area contributed by atoms with E-state index < -0.39 is 0 Å². The number of halogens is 1. The summed E-state index contributed by atoms with van der Waals surface area (Å²) in [6, 6.07) is 19.4. The molecule has 174 valence electrons. The highest BCUT2D eigenvalue weighted by Gasteiger charge is 2.27. The van der Waals surface area contributed by atoms with Crippen molar-refractivity contribution in [1.82, 2.24) is 5.43 Å². The molecule has 0 aliphatic carbocycles. The number of hydrazone groups is 1. The monoisotopic (exact) mass is 510 g/mol. The van der Waals surface area contributed by atoms with E-state index in [9.17, 15) is 4.79 Å². The molecule has 0 spiro atoms. The Bertz CT molecular complexity index is 1090. The highest BCUT2D eigenvalue weighted by atomic mass is 79.9. The van der Waals surface area contributed by atoms with Crippen molar-refractivity contribution in [1.29, 1.82) is 0 Å². The zero-order valence-electron chi connectivity index (χ0n) is 19.8. The molecule has 0 aliphatic rings. The number of ether oxygens (including phenoxy) is 1. The molecule has 1 N–H and O–H groups in total.